The number of nitrogens with two attached hydrogens (primary N) is 1. The molecule has 2 aliphatic heterocycles. The van der Waals surface area contributed by atoms with Crippen LogP contribution in [0.2, 0.25) is 0 Å². The minimum atomic E-state index is -0.312. The van der Waals surface area contributed by atoms with Gasteiger partial charge in [0.2, 0.25) is 5.91 Å². The van der Waals surface area contributed by atoms with Crippen LogP contribution in [-0.4, -0.2) is 44.3 Å². The molecule has 2 fully saturated rings. The van der Waals surface area contributed by atoms with Gasteiger partial charge < -0.3 is 20.7 Å². The smallest absolute Gasteiger partial charge is 0.249 e. The van der Waals surface area contributed by atoms with Crippen LogP contribution in [0.15, 0.2) is 28.7 Å². The Morgan fingerprint density at radius 1 is 1.30 bits per heavy atom. The van der Waals surface area contributed by atoms with Crippen molar-refractivity contribution >= 4 is 27.5 Å². The van der Waals surface area contributed by atoms with Gasteiger partial charge in [0.15, 0.2) is 0 Å². The van der Waals surface area contributed by atoms with Crippen LogP contribution < -0.4 is 16.0 Å². The fourth-order valence-electron chi connectivity index (χ4n) is 3.32. The summed E-state index contributed by atoms with van der Waals surface area (Å²) in [6.07, 6.45) is 2.50. The second-order valence-corrected chi connectivity index (χ2v) is 7.30. The van der Waals surface area contributed by atoms with Crippen molar-refractivity contribution in [3.63, 3.8) is 0 Å². The molecule has 2 saturated heterocycles. The summed E-state index contributed by atoms with van der Waals surface area (Å²) in [5, 5.41) is 3.05. The summed E-state index contributed by atoms with van der Waals surface area (Å²) >= 11 is 3.46. The Bertz CT molecular complexity index is 537. The maximum Gasteiger partial charge on any atom is 0.249 e. The number of carbonyl (C=O) groups excluding carboxylic acids is 1. The van der Waals surface area contributed by atoms with Gasteiger partial charge in [-0.2, -0.15) is 0 Å². The lowest BCUT2D eigenvalue weighted by atomic mass is 10.1. The Morgan fingerprint density at radius 3 is 2.78 bits per heavy atom. The summed E-state index contributed by atoms with van der Waals surface area (Å²) in [6, 6.07) is 8.39. The molecule has 6 heteroatoms. The minimum absolute atomic E-state index is 0.0167. The third-order valence-electron chi connectivity index (χ3n) is 4.71. The van der Waals surface area contributed by atoms with Crippen LogP contribution in [0, 0.1) is 5.92 Å². The van der Waals surface area contributed by atoms with E-state index in [0.717, 1.165) is 43.4 Å². The fraction of sp³-hybridized carbons (Fsp3) is 0.588. The molecule has 0 aromatic heterocycles. The number of halogens is 1. The van der Waals surface area contributed by atoms with Crippen molar-refractivity contribution in [1.29, 1.82) is 0 Å². The molecule has 2 heterocycles. The van der Waals surface area contributed by atoms with Crippen LogP contribution in [0.4, 0.5) is 5.69 Å². The Hall–Kier alpha value is -1.11. The molecule has 1 aromatic carbocycles. The van der Waals surface area contributed by atoms with Gasteiger partial charge >= 0.3 is 0 Å². The summed E-state index contributed by atoms with van der Waals surface area (Å²) in [5.74, 6) is 0.511. The minimum Gasteiger partial charge on any atom is -0.371 e. The van der Waals surface area contributed by atoms with E-state index in [1.807, 2.05) is 0 Å². The number of hydrogen-bond acceptors (Lipinski definition) is 4. The van der Waals surface area contributed by atoms with E-state index >= 15 is 0 Å². The number of benzene rings is 1. The van der Waals surface area contributed by atoms with Gasteiger partial charge in [-0.15, -0.1) is 0 Å². The van der Waals surface area contributed by atoms with Crippen LogP contribution in [0.5, 0.6) is 0 Å². The standard InChI is InChI=1S/C17H24BrN3O2/c18-13-1-3-14(4-2-13)21-8-7-12(11-21)10-20-17(22)16-6-5-15(9-19)23-16/h1-4,12,15-16H,5-11,19H2,(H,20,22)/t12?,15-,16+/m1/s1. The molecule has 0 radical (unpaired) electrons. The van der Waals surface area contributed by atoms with Gasteiger partial charge in [0.25, 0.3) is 0 Å². The first-order valence-corrected chi connectivity index (χ1v) is 9.08. The zero-order valence-electron chi connectivity index (χ0n) is 13.2. The highest BCUT2D eigenvalue weighted by molar-refractivity contribution is 9.10. The van der Waals surface area contributed by atoms with E-state index in [2.05, 4.69) is 50.4 Å². The molecule has 3 N–H and O–H groups in total. The highest BCUT2D eigenvalue weighted by Crippen LogP contribution is 2.25. The highest BCUT2D eigenvalue weighted by Gasteiger charge is 2.30. The van der Waals surface area contributed by atoms with Gasteiger partial charge in [-0.05, 0) is 49.4 Å². The number of carbonyl (C=O) groups is 1. The van der Waals surface area contributed by atoms with Crippen LogP contribution in [-0.2, 0) is 9.53 Å². The van der Waals surface area contributed by atoms with Crippen molar-refractivity contribution in [3.05, 3.63) is 28.7 Å². The predicted octanol–water partition coefficient (Wildman–Crippen LogP) is 1.90. The van der Waals surface area contributed by atoms with E-state index in [1.165, 1.54) is 5.69 Å². The van der Waals surface area contributed by atoms with E-state index < -0.39 is 0 Å². The van der Waals surface area contributed by atoms with Crippen molar-refractivity contribution in [3.8, 4) is 0 Å². The van der Waals surface area contributed by atoms with Gasteiger partial charge in [-0.25, -0.2) is 0 Å². The maximum atomic E-state index is 12.2. The van der Waals surface area contributed by atoms with Crippen LogP contribution in [0.25, 0.3) is 0 Å². The molecule has 1 aromatic rings. The van der Waals surface area contributed by atoms with Crippen molar-refractivity contribution in [2.45, 2.75) is 31.5 Å². The number of ether oxygens (including phenoxy) is 1. The van der Waals surface area contributed by atoms with Crippen molar-refractivity contribution in [2.24, 2.45) is 11.7 Å². The Balaban J connectivity index is 1.43. The quantitative estimate of drug-likeness (QED) is 0.817. The fourth-order valence-corrected chi connectivity index (χ4v) is 3.58. The molecule has 126 valence electrons. The average molecular weight is 382 g/mol. The molecule has 3 atom stereocenters. The molecule has 5 nitrogen and oxygen atoms in total. The lowest BCUT2D eigenvalue weighted by Crippen LogP contribution is -2.38. The largest absolute Gasteiger partial charge is 0.371 e. The first kappa shape index (κ1) is 16.7. The summed E-state index contributed by atoms with van der Waals surface area (Å²) in [5.41, 5.74) is 6.83. The second-order valence-electron chi connectivity index (χ2n) is 6.38. The number of anilines is 1. The van der Waals surface area contributed by atoms with Gasteiger partial charge in [-0.1, -0.05) is 15.9 Å². The van der Waals surface area contributed by atoms with Gasteiger partial charge in [0.05, 0.1) is 6.10 Å². The zero-order chi connectivity index (χ0) is 16.2. The molecule has 2 aliphatic rings. The van der Waals surface area contributed by atoms with Crippen LogP contribution in [0.1, 0.15) is 19.3 Å². The topological polar surface area (TPSA) is 67.6 Å². The molecular weight excluding hydrogens is 358 g/mol. The van der Waals surface area contributed by atoms with E-state index in [0.29, 0.717) is 12.5 Å². The Morgan fingerprint density at radius 2 is 2.09 bits per heavy atom. The molecule has 0 saturated carbocycles. The number of rotatable bonds is 5. The van der Waals surface area contributed by atoms with Gasteiger partial charge in [0, 0.05) is 36.3 Å². The van der Waals surface area contributed by atoms with Gasteiger partial charge in [-0.3, -0.25) is 4.79 Å². The van der Waals surface area contributed by atoms with E-state index in [9.17, 15) is 4.79 Å². The third-order valence-corrected chi connectivity index (χ3v) is 5.23. The monoisotopic (exact) mass is 381 g/mol. The molecule has 0 aliphatic carbocycles. The second kappa shape index (κ2) is 7.64. The van der Waals surface area contributed by atoms with E-state index in [4.69, 9.17) is 10.5 Å². The number of nitrogens with one attached hydrogen (secondary N) is 1. The van der Waals surface area contributed by atoms with Crippen LogP contribution in [0.3, 0.4) is 0 Å². The van der Waals surface area contributed by atoms with E-state index in [-0.39, 0.29) is 18.1 Å². The molecular formula is C17H24BrN3O2. The van der Waals surface area contributed by atoms with Crippen molar-refractivity contribution < 1.29 is 9.53 Å². The Labute approximate surface area is 145 Å². The normalized spacial score (nSPS) is 27.4. The first-order valence-electron chi connectivity index (χ1n) is 8.29. The maximum absolute atomic E-state index is 12.2. The molecule has 0 bridgehead atoms. The summed E-state index contributed by atoms with van der Waals surface area (Å²) < 4.78 is 6.73. The molecule has 23 heavy (non-hydrogen) atoms. The predicted molar refractivity (Wildman–Crippen MR) is 94.4 cm³/mol. The summed E-state index contributed by atoms with van der Waals surface area (Å²) in [6.45, 7) is 3.24. The average Bonchev–Trinajstić information content (AvgIpc) is 3.22. The zero-order valence-corrected chi connectivity index (χ0v) is 14.8. The SMILES string of the molecule is NC[C@H]1CC[C@@H](C(=O)NCC2CCN(c3ccc(Br)cc3)C2)O1. The van der Waals surface area contributed by atoms with Crippen molar-refractivity contribution in [2.75, 3.05) is 31.1 Å². The number of hydrogen-bond donors (Lipinski definition) is 2. The third kappa shape index (κ3) is 4.25. The molecule has 0 spiro atoms. The summed E-state index contributed by atoms with van der Waals surface area (Å²) in [7, 11) is 0. The van der Waals surface area contributed by atoms with Crippen LogP contribution >= 0.6 is 15.9 Å². The molecule has 1 amide bonds. The highest BCUT2D eigenvalue weighted by atomic mass is 79.9. The lowest BCUT2D eigenvalue weighted by molar-refractivity contribution is -0.132. The molecule has 3 rings (SSSR count). The molecule has 1 unspecified atom stereocenters. The van der Waals surface area contributed by atoms with Crippen molar-refractivity contribution in [1.82, 2.24) is 5.32 Å². The van der Waals surface area contributed by atoms with Gasteiger partial charge in [0.1, 0.15) is 6.10 Å². The Kier molecular flexibility index (Phi) is 5.56. The number of nitrogens with zero attached hydrogens (tertiary/aromatic N) is 1. The van der Waals surface area contributed by atoms with E-state index in [1.54, 1.807) is 0 Å². The lowest BCUT2D eigenvalue weighted by Gasteiger charge is -2.19. The first-order chi connectivity index (χ1) is 11.2. The summed E-state index contributed by atoms with van der Waals surface area (Å²) in [4.78, 5) is 14.5. The number of amides is 1.